The number of nitrogens with two attached hydrogens (primary N) is 1. The minimum absolute atomic E-state index is 0. The van der Waals surface area contributed by atoms with E-state index < -0.39 is 12.6 Å². The Morgan fingerprint density at radius 2 is 1.64 bits per heavy atom. The van der Waals surface area contributed by atoms with Gasteiger partial charge < -0.3 is 5.73 Å². The quantitative estimate of drug-likeness (QED) is 0.791. The minimum Gasteiger partial charge on any atom is -0.325 e. The number of alkyl halides is 3. The SMILES string of the molecule is Cl.NC12CC(CCCC(F)(F)F)(C1)C2. The highest BCUT2D eigenvalue weighted by Gasteiger charge is 2.64. The average Bonchev–Trinajstić information content (AvgIpc) is 1.78. The van der Waals surface area contributed by atoms with Crippen LogP contribution in [0.25, 0.3) is 0 Å². The number of rotatable bonds is 3. The lowest BCUT2D eigenvalue weighted by atomic mass is 9.38. The third-order valence-electron chi connectivity index (χ3n) is 3.35. The van der Waals surface area contributed by atoms with Crippen molar-refractivity contribution in [1.29, 1.82) is 0 Å². The molecule has 3 aliphatic rings. The summed E-state index contributed by atoms with van der Waals surface area (Å²) in [6, 6.07) is 0. The molecule has 2 bridgehead atoms. The molecule has 0 spiro atoms. The van der Waals surface area contributed by atoms with Crippen molar-refractivity contribution in [1.82, 2.24) is 0 Å². The Labute approximate surface area is 87.6 Å². The van der Waals surface area contributed by atoms with Crippen molar-refractivity contribution in [3.8, 4) is 0 Å². The highest BCUT2D eigenvalue weighted by atomic mass is 35.5. The first kappa shape index (κ1) is 12.1. The molecule has 0 aliphatic heterocycles. The second-order valence-corrected chi connectivity index (χ2v) is 4.86. The van der Waals surface area contributed by atoms with Crippen LogP contribution in [0.2, 0.25) is 0 Å². The van der Waals surface area contributed by atoms with Gasteiger partial charge in [-0.3, -0.25) is 0 Å². The molecule has 0 atom stereocenters. The summed E-state index contributed by atoms with van der Waals surface area (Å²) in [7, 11) is 0. The first-order chi connectivity index (χ1) is 5.83. The van der Waals surface area contributed by atoms with E-state index in [4.69, 9.17) is 5.73 Å². The zero-order chi connectivity index (χ0) is 9.74. The van der Waals surface area contributed by atoms with E-state index in [9.17, 15) is 13.2 Å². The van der Waals surface area contributed by atoms with Gasteiger partial charge in [-0.25, -0.2) is 0 Å². The van der Waals surface area contributed by atoms with E-state index in [0.717, 1.165) is 19.3 Å². The monoisotopic (exact) mass is 229 g/mol. The Kier molecular flexibility index (Phi) is 2.83. The average molecular weight is 230 g/mol. The van der Waals surface area contributed by atoms with Gasteiger partial charge in [-0.1, -0.05) is 0 Å². The van der Waals surface area contributed by atoms with Crippen LogP contribution in [0.1, 0.15) is 38.5 Å². The van der Waals surface area contributed by atoms with Gasteiger partial charge in [0.05, 0.1) is 0 Å². The van der Waals surface area contributed by atoms with Gasteiger partial charge in [-0.2, -0.15) is 13.2 Å². The summed E-state index contributed by atoms with van der Waals surface area (Å²) in [6.07, 6.45) is -0.755. The van der Waals surface area contributed by atoms with Crippen LogP contribution in [0, 0.1) is 5.41 Å². The van der Waals surface area contributed by atoms with E-state index in [0.29, 0.717) is 6.42 Å². The fraction of sp³-hybridized carbons (Fsp3) is 1.00. The summed E-state index contributed by atoms with van der Waals surface area (Å²) in [5.41, 5.74) is 6.06. The van der Waals surface area contributed by atoms with Crippen LogP contribution in [0.4, 0.5) is 13.2 Å². The van der Waals surface area contributed by atoms with Crippen molar-refractivity contribution in [2.45, 2.75) is 50.2 Å². The van der Waals surface area contributed by atoms with E-state index in [1.807, 2.05) is 0 Å². The molecular formula is C9H15ClF3N. The van der Waals surface area contributed by atoms with Crippen molar-refractivity contribution in [3.05, 3.63) is 0 Å². The van der Waals surface area contributed by atoms with Gasteiger partial charge in [0.1, 0.15) is 0 Å². The molecule has 0 amide bonds. The van der Waals surface area contributed by atoms with Gasteiger partial charge in [0.2, 0.25) is 0 Å². The fourth-order valence-corrected chi connectivity index (χ4v) is 3.01. The van der Waals surface area contributed by atoms with E-state index in [1.54, 1.807) is 0 Å². The van der Waals surface area contributed by atoms with Crippen molar-refractivity contribution in [2.24, 2.45) is 11.1 Å². The molecule has 3 fully saturated rings. The van der Waals surface area contributed by atoms with E-state index >= 15 is 0 Å². The van der Waals surface area contributed by atoms with Crippen molar-refractivity contribution >= 4 is 12.4 Å². The highest BCUT2D eigenvalue weighted by molar-refractivity contribution is 5.85. The Hall–Kier alpha value is 0.0400. The fourth-order valence-electron chi connectivity index (χ4n) is 3.01. The highest BCUT2D eigenvalue weighted by Crippen LogP contribution is 2.68. The van der Waals surface area contributed by atoms with Crippen LogP contribution < -0.4 is 5.73 Å². The van der Waals surface area contributed by atoms with E-state index in [-0.39, 0.29) is 29.8 Å². The van der Waals surface area contributed by atoms with Gasteiger partial charge in [0.15, 0.2) is 0 Å². The van der Waals surface area contributed by atoms with Crippen LogP contribution in [0.3, 0.4) is 0 Å². The molecule has 0 aromatic heterocycles. The number of halogens is 4. The molecule has 1 nitrogen and oxygen atoms in total. The summed E-state index contributed by atoms with van der Waals surface area (Å²) in [5, 5.41) is 0. The van der Waals surface area contributed by atoms with Crippen molar-refractivity contribution in [2.75, 3.05) is 0 Å². The maximum absolute atomic E-state index is 11.8. The summed E-state index contributed by atoms with van der Waals surface area (Å²) in [6.45, 7) is 0. The van der Waals surface area contributed by atoms with Crippen molar-refractivity contribution in [3.63, 3.8) is 0 Å². The molecule has 3 rings (SSSR count). The Balaban J connectivity index is 0.000000980. The summed E-state index contributed by atoms with van der Waals surface area (Å²) >= 11 is 0. The molecule has 84 valence electrons. The Morgan fingerprint density at radius 3 is 2.00 bits per heavy atom. The number of hydrogen-bond donors (Lipinski definition) is 1. The van der Waals surface area contributed by atoms with Crippen LogP contribution in [0.15, 0.2) is 0 Å². The number of hydrogen-bond acceptors (Lipinski definition) is 1. The lowest BCUT2D eigenvalue weighted by Crippen LogP contribution is -2.71. The van der Waals surface area contributed by atoms with Gasteiger partial charge in [-0.05, 0) is 37.5 Å². The largest absolute Gasteiger partial charge is 0.389 e. The maximum atomic E-state index is 11.8. The first-order valence-corrected chi connectivity index (χ1v) is 4.68. The van der Waals surface area contributed by atoms with Crippen molar-refractivity contribution < 1.29 is 13.2 Å². The minimum atomic E-state index is -3.98. The molecule has 3 saturated carbocycles. The second-order valence-electron chi connectivity index (χ2n) is 4.86. The van der Waals surface area contributed by atoms with Crippen LogP contribution >= 0.6 is 12.4 Å². The lowest BCUT2D eigenvalue weighted by Gasteiger charge is -2.69. The lowest BCUT2D eigenvalue weighted by molar-refractivity contribution is -0.157. The molecule has 5 heteroatoms. The maximum Gasteiger partial charge on any atom is 0.389 e. The second kappa shape index (κ2) is 3.27. The summed E-state index contributed by atoms with van der Waals surface area (Å²) in [4.78, 5) is 0. The third-order valence-corrected chi connectivity index (χ3v) is 3.35. The molecule has 0 heterocycles. The molecule has 0 radical (unpaired) electrons. The van der Waals surface area contributed by atoms with Crippen LogP contribution in [0.5, 0.6) is 0 Å². The summed E-state index contributed by atoms with van der Waals surface area (Å²) in [5.74, 6) is 0. The third kappa shape index (κ3) is 2.16. The molecule has 14 heavy (non-hydrogen) atoms. The van der Waals surface area contributed by atoms with Gasteiger partial charge >= 0.3 is 6.18 Å². The first-order valence-electron chi connectivity index (χ1n) is 4.68. The zero-order valence-electron chi connectivity index (χ0n) is 7.86. The smallest absolute Gasteiger partial charge is 0.325 e. The predicted molar refractivity (Wildman–Crippen MR) is 50.4 cm³/mol. The summed E-state index contributed by atoms with van der Waals surface area (Å²) < 4.78 is 35.4. The standard InChI is InChI=1S/C9H14F3N.ClH/c10-9(11,12)3-1-2-7-4-8(13,5-7)6-7;/h1-6,13H2;1H. The molecule has 3 aliphatic carbocycles. The predicted octanol–water partition coefficient (Wildman–Crippen LogP) is 3.02. The molecule has 0 aromatic rings. The molecular weight excluding hydrogens is 215 g/mol. The van der Waals surface area contributed by atoms with Crippen LogP contribution in [-0.4, -0.2) is 11.7 Å². The van der Waals surface area contributed by atoms with E-state index in [2.05, 4.69) is 0 Å². The Morgan fingerprint density at radius 1 is 1.14 bits per heavy atom. The molecule has 0 saturated heterocycles. The van der Waals surface area contributed by atoms with E-state index in [1.165, 1.54) is 0 Å². The topological polar surface area (TPSA) is 26.0 Å². The van der Waals surface area contributed by atoms with Gasteiger partial charge in [0, 0.05) is 12.0 Å². The molecule has 0 aromatic carbocycles. The van der Waals surface area contributed by atoms with Gasteiger partial charge in [-0.15, -0.1) is 12.4 Å². The van der Waals surface area contributed by atoms with Crippen LogP contribution in [-0.2, 0) is 0 Å². The van der Waals surface area contributed by atoms with Gasteiger partial charge in [0.25, 0.3) is 0 Å². The molecule has 2 N–H and O–H groups in total. The Bertz CT molecular complexity index is 207. The molecule has 0 unspecified atom stereocenters. The zero-order valence-corrected chi connectivity index (χ0v) is 8.68. The normalized spacial score (nSPS) is 39.4.